The summed E-state index contributed by atoms with van der Waals surface area (Å²) in [6, 6.07) is 1.40. The van der Waals surface area contributed by atoms with Crippen molar-refractivity contribution in [2.24, 2.45) is 11.7 Å². The highest BCUT2D eigenvalue weighted by Gasteiger charge is 2.36. The van der Waals surface area contributed by atoms with Crippen molar-refractivity contribution in [2.75, 3.05) is 6.61 Å². The molecule has 1 aliphatic carbocycles. The lowest BCUT2D eigenvalue weighted by molar-refractivity contribution is -0.276. The van der Waals surface area contributed by atoms with Crippen LogP contribution in [0.1, 0.15) is 42.1 Å². The normalized spacial score (nSPS) is 19.9. The average Bonchev–Trinajstić information content (AvgIpc) is 3.27. The fourth-order valence-electron chi connectivity index (χ4n) is 3.80. The largest absolute Gasteiger partial charge is 0.574 e. The first-order chi connectivity index (χ1) is 14.3. The molecule has 0 unspecified atom stereocenters. The van der Waals surface area contributed by atoms with Gasteiger partial charge in [0.05, 0.1) is 11.6 Å². The van der Waals surface area contributed by atoms with Crippen LogP contribution in [0.15, 0.2) is 24.7 Å². The van der Waals surface area contributed by atoms with E-state index >= 15 is 0 Å². The molecule has 1 fully saturated rings. The van der Waals surface area contributed by atoms with Crippen LogP contribution in [0, 0.1) is 5.92 Å². The fraction of sp³-hybridized carbons (Fsp3) is 0.444. The molecular weight excluding hydrogens is 405 g/mol. The van der Waals surface area contributed by atoms with Crippen LogP contribution in [0.25, 0.3) is 16.9 Å². The van der Waals surface area contributed by atoms with Crippen molar-refractivity contribution in [3.05, 3.63) is 30.2 Å². The molecule has 30 heavy (non-hydrogen) atoms. The van der Waals surface area contributed by atoms with E-state index in [1.54, 1.807) is 6.07 Å². The van der Waals surface area contributed by atoms with Crippen LogP contribution in [0.4, 0.5) is 13.2 Å². The number of ether oxygens (including phenoxy) is 1. The van der Waals surface area contributed by atoms with Crippen LogP contribution < -0.4 is 10.5 Å². The number of hydrogen-bond donors (Lipinski definition) is 2. The summed E-state index contributed by atoms with van der Waals surface area (Å²) in [5.41, 5.74) is 5.29. The lowest BCUT2D eigenvalue weighted by Gasteiger charge is -2.27. The zero-order valence-corrected chi connectivity index (χ0v) is 15.7. The van der Waals surface area contributed by atoms with Crippen LogP contribution in [0.5, 0.6) is 5.88 Å². The van der Waals surface area contributed by atoms with E-state index in [-0.39, 0.29) is 41.0 Å². The number of halogens is 3. The summed E-state index contributed by atoms with van der Waals surface area (Å²) in [4.78, 5) is 16.1. The van der Waals surface area contributed by atoms with Crippen LogP contribution in [0.2, 0.25) is 0 Å². The van der Waals surface area contributed by atoms with Crippen molar-refractivity contribution in [1.29, 1.82) is 0 Å². The van der Waals surface area contributed by atoms with Gasteiger partial charge in [-0.3, -0.25) is 9.48 Å². The Bertz CT molecular complexity index is 1070. The Hall–Kier alpha value is -3.15. The molecule has 0 saturated heterocycles. The minimum atomic E-state index is -4.98. The summed E-state index contributed by atoms with van der Waals surface area (Å²) in [5.74, 6) is -1.42. The zero-order valence-electron chi connectivity index (χ0n) is 15.7. The van der Waals surface area contributed by atoms with Crippen molar-refractivity contribution in [2.45, 2.75) is 38.1 Å². The number of carbonyl (C=O) groups excluding carboxylic acids is 1. The molecule has 0 aliphatic heterocycles. The predicted octanol–water partition coefficient (Wildman–Crippen LogP) is 2.31. The predicted molar refractivity (Wildman–Crippen MR) is 97.5 cm³/mol. The van der Waals surface area contributed by atoms with E-state index in [9.17, 15) is 23.1 Å². The van der Waals surface area contributed by atoms with Crippen molar-refractivity contribution >= 4 is 11.6 Å². The molecule has 0 aromatic carbocycles. The number of hydrogen-bond acceptors (Lipinski definition) is 6. The SMILES string of the molecule is NC(=O)c1c(-c2cn(C3CCC(CO)CC3)nc2OC(F)(F)F)nn2cccnc12. The fourth-order valence-corrected chi connectivity index (χ4v) is 3.80. The molecule has 1 saturated carbocycles. The number of alkyl halides is 3. The van der Waals surface area contributed by atoms with Gasteiger partial charge in [0.1, 0.15) is 11.3 Å². The Kier molecular flexibility index (Phi) is 5.10. The second kappa shape index (κ2) is 7.59. The van der Waals surface area contributed by atoms with E-state index in [0.29, 0.717) is 12.8 Å². The van der Waals surface area contributed by atoms with Crippen LogP contribution in [-0.4, -0.2) is 48.4 Å². The number of carbonyl (C=O) groups is 1. The van der Waals surface area contributed by atoms with Crippen molar-refractivity contribution in [1.82, 2.24) is 24.4 Å². The Morgan fingerprint density at radius 3 is 2.63 bits per heavy atom. The highest BCUT2D eigenvalue weighted by molar-refractivity contribution is 6.05. The number of aliphatic hydroxyl groups excluding tert-OH is 1. The maximum atomic E-state index is 13.0. The first-order valence-electron chi connectivity index (χ1n) is 9.36. The maximum Gasteiger partial charge on any atom is 0.574 e. The average molecular weight is 424 g/mol. The van der Waals surface area contributed by atoms with Gasteiger partial charge in [-0.25, -0.2) is 9.50 Å². The van der Waals surface area contributed by atoms with Crippen molar-refractivity contribution in [3.8, 4) is 17.1 Å². The summed E-state index contributed by atoms with van der Waals surface area (Å²) in [5, 5.41) is 17.5. The smallest absolute Gasteiger partial charge is 0.396 e. The van der Waals surface area contributed by atoms with E-state index in [1.165, 1.54) is 27.8 Å². The quantitative estimate of drug-likeness (QED) is 0.649. The summed E-state index contributed by atoms with van der Waals surface area (Å²) in [6.45, 7) is 0.0791. The summed E-state index contributed by atoms with van der Waals surface area (Å²) >= 11 is 0. The Morgan fingerprint density at radius 1 is 1.27 bits per heavy atom. The molecule has 3 aromatic rings. The van der Waals surface area contributed by atoms with Gasteiger partial charge < -0.3 is 15.6 Å². The molecule has 3 N–H and O–H groups in total. The molecule has 160 valence electrons. The van der Waals surface area contributed by atoms with Gasteiger partial charge in [0.2, 0.25) is 0 Å². The molecule has 4 rings (SSSR count). The number of primary amides is 1. The van der Waals surface area contributed by atoms with E-state index < -0.39 is 18.1 Å². The summed E-state index contributed by atoms with van der Waals surface area (Å²) in [6.07, 6.45) is 2.09. The Labute approximate surface area is 168 Å². The molecule has 1 amide bonds. The highest BCUT2D eigenvalue weighted by atomic mass is 19.4. The highest BCUT2D eigenvalue weighted by Crippen LogP contribution is 2.38. The molecule has 3 heterocycles. The van der Waals surface area contributed by atoms with Crippen molar-refractivity contribution < 1.29 is 27.8 Å². The summed E-state index contributed by atoms with van der Waals surface area (Å²) < 4.78 is 45.9. The molecular formula is C18H19F3N6O3. The Balaban J connectivity index is 1.81. The monoisotopic (exact) mass is 424 g/mol. The lowest BCUT2D eigenvalue weighted by Crippen LogP contribution is -2.21. The third kappa shape index (κ3) is 3.82. The Morgan fingerprint density at radius 2 is 2.00 bits per heavy atom. The topological polar surface area (TPSA) is 121 Å². The molecule has 9 nitrogen and oxygen atoms in total. The second-order valence-electron chi connectivity index (χ2n) is 7.21. The molecule has 0 bridgehead atoms. The van der Waals surface area contributed by atoms with Crippen LogP contribution in [-0.2, 0) is 0 Å². The van der Waals surface area contributed by atoms with E-state index in [0.717, 1.165) is 12.8 Å². The number of amides is 1. The number of aromatic nitrogens is 5. The third-order valence-corrected chi connectivity index (χ3v) is 5.26. The van der Waals surface area contributed by atoms with Gasteiger partial charge in [0.25, 0.3) is 11.8 Å². The van der Waals surface area contributed by atoms with E-state index in [1.807, 2.05) is 0 Å². The molecule has 1 aliphatic rings. The number of aliphatic hydroxyl groups is 1. The first kappa shape index (κ1) is 20.1. The first-order valence-corrected chi connectivity index (χ1v) is 9.36. The second-order valence-corrected chi connectivity index (χ2v) is 7.21. The molecule has 3 aromatic heterocycles. The number of nitrogens with zero attached hydrogens (tertiary/aromatic N) is 5. The van der Waals surface area contributed by atoms with E-state index in [4.69, 9.17) is 5.73 Å². The van der Waals surface area contributed by atoms with Gasteiger partial charge in [-0.05, 0) is 37.7 Å². The minimum Gasteiger partial charge on any atom is -0.396 e. The van der Waals surface area contributed by atoms with Gasteiger partial charge in [0.15, 0.2) is 5.65 Å². The van der Waals surface area contributed by atoms with Crippen molar-refractivity contribution in [3.63, 3.8) is 0 Å². The molecule has 0 spiro atoms. The maximum absolute atomic E-state index is 13.0. The van der Waals surface area contributed by atoms with Gasteiger partial charge in [-0.2, -0.15) is 5.10 Å². The molecule has 0 atom stereocenters. The number of fused-ring (bicyclic) bond motifs is 1. The van der Waals surface area contributed by atoms with Crippen LogP contribution >= 0.6 is 0 Å². The standard InChI is InChI=1S/C18H19F3N6O3/c19-18(20,21)30-17-12(8-27(25-17)11-4-2-10(9-28)3-5-11)14-13(15(22)29)16-23-6-1-7-26(16)24-14/h1,6-8,10-11,28H,2-5,9H2,(H2,22,29). The van der Waals surface area contributed by atoms with Gasteiger partial charge in [-0.15, -0.1) is 18.3 Å². The van der Waals surface area contributed by atoms with E-state index in [2.05, 4.69) is 19.9 Å². The number of rotatable bonds is 5. The minimum absolute atomic E-state index is 0.0791. The third-order valence-electron chi connectivity index (χ3n) is 5.26. The molecule has 12 heteroatoms. The lowest BCUT2D eigenvalue weighted by atomic mass is 9.87. The van der Waals surface area contributed by atoms with Crippen LogP contribution in [0.3, 0.4) is 0 Å². The molecule has 0 radical (unpaired) electrons. The van der Waals surface area contributed by atoms with Gasteiger partial charge in [-0.1, -0.05) is 0 Å². The van der Waals surface area contributed by atoms with Gasteiger partial charge >= 0.3 is 6.36 Å². The zero-order chi connectivity index (χ0) is 21.5. The van der Waals surface area contributed by atoms with Gasteiger partial charge in [0, 0.05) is 25.2 Å². The number of nitrogens with two attached hydrogens (primary N) is 1. The summed E-state index contributed by atoms with van der Waals surface area (Å²) in [7, 11) is 0.